The van der Waals surface area contributed by atoms with Gasteiger partial charge in [0, 0.05) is 11.6 Å². The van der Waals surface area contributed by atoms with Crippen LogP contribution in [-0.4, -0.2) is 24.4 Å². The Balaban J connectivity index is 1.52. The van der Waals surface area contributed by atoms with Crippen molar-refractivity contribution in [2.45, 2.75) is 25.8 Å². The second kappa shape index (κ2) is 7.30. The molecule has 1 atom stereocenters. The number of rotatable bonds is 6. The van der Waals surface area contributed by atoms with Gasteiger partial charge in [0.1, 0.15) is 0 Å². The van der Waals surface area contributed by atoms with Crippen molar-refractivity contribution < 1.29 is 9.59 Å². The van der Waals surface area contributed by atoms with Gasteiger partial charge in [-0.05, 0) is 48.9 Å². The fourth-order valence-electron chi connectivity index (χ4n) is 2.73. The standard InChI is InChI=1S/C20H22N2O2/c1-14(15-7-8-15)22-19(23)13-21-20(24)18-11-9-17(10-12-18)16-5-3-2-4-6-16/h2-6,9-12,14-15H,7-8,13H2,1H3,(H,21,24)(H,22,23)/t14-/m1/s1. The lowest BCUT2D eigenvalue weighted by Gasteiger charge is -2.13. The smallest absolute Gasteiger partial charge is 0.251 e. The number of carbonyl (C=O) groups excluding carboxylic acids is 2. The highest BCUT2D eigenvalue weighted by Gasteiger charge is 2.28. The van der Waals surface area contributed by atoms with Crippen LogP contribution in [-0.2, 0) is 4.79 Å². The van der Waals surface area contributed by atoms with Crippen molar-refractivity contribution in [3.63, 3.8) is 0 Å². The molecule has 0 aromatic heterocycles. The number of hydrogen-bond acceptors (Lipinski definition) is 2. The molecule has 1 aliphatic carbocycles. The molecule has 0 unspecified atom stereocenters. The maximum Gasteiger partial charge on any atom is 0.251 e. The minimum absolute atomic E-state index is 0.0102. The lowest BCUT2D eigenvalue weighted by Crippen LogP contribution is -2.41. The average molecular weight is 322 g/mol. The summed E-state index contributed by atoms with van der Waals surface area (Å²) in [5.41, 5.74) is 2.72. The third-order valence-corrected chi connectivity index (χ3v) is 4.38. The molecule has 4 nitrogen and oxygen atoms in total. The molecule has 1 saturated carbocycles. The van der Waals surface area contributed by atoms with Gasteiger partial charge in [-0.15, -0.1) is 0 Å². The molecule has 24 heavy (non-hydrogen) atoms. The minimum Gasteiger partial charge on any atom is -0.352 e. The Morgan fingerprint density at radius 3 is 2.25 bits per heavy atom. The summed E-state index contributed by atoms with van der Waals surface area (Å²) in [6, 6.07) is 17.6. The van der Waals surface area contributed by atoms with Crippen LogP contribution in [0.15, 0.2) is 54.6 Å². The van der Waals surface area contributed by atoms with Gasteiger partial charge in [-0.1, -0.05) is 42.5 Å². The van der Waals surface area contributed by atoms with Crippen LogP contribution in [0.5, 0.6) is 0 Å². The third kappa shape index (κ3) is 4.22. The zero-order valence-corrected chi connectivity index (χ0v) is 13.8. The van der Waals surface area contributed by atoms with E-state index in [4.69, 9.17) is 0 Å². The largest absolute Gasteiger partial charge is 0.352 e. The molecule has 4 heteroatoms. The molecule has 0 saturated heterocycles. The highest BCUT2D eigenvalue weighted by molar-refractivity contribution is 5.96. The zero-order valence-electron chi connectivity index (χ0n) is 13.8. The number of amides is 2. The summed E-state index contributed by atoms with van der Waals surface area (Å²) in [6.07, 6.45) is 2.36. The fourth-order valence-corrected chi connectivity index (χ4v) is 2.73. The third-order valence-electron chi connectivity index (χ3n) is 4.38. The van der Waals surface area contributed by atoms with Gasteiger partial charge < -0.3 is 10.6 Å². The van der Waals surface area contributed by atoms with Crippen molar-refractivity contribution >= 4 is 11.8 Å². The average Bonchev–Trinajstić information content (AvgIpc) is 3.46. The van der Waals surface area contributed by atoms with Crippen molar-refractivity contribution in [1.29, 1.82) is 0 Å². The molecule has 0 aliphatic heterocycles. The lowest BCUT2D eigenvalue weighted by atomic mass is 10.0. The van der Waals surface area contributed by atoms with Gasteiger partial charge in [-0.25, -0.2) is 0 Å². The predicted molar refractivity (Wildman–Crippen MR) is 94.5 cm³/mol. The van der Waals surface area contributed by atoms with E-state index in [1.165, 1.54) is 12.8 Å². The van der Waals surface area contributed by atoms with Gasteiger partial charge in [0.2, 0.25) is 5.91 Å². The zero-order chi connectivity index (χ0) is 16.9. The van der Waals surface area contributed by atoms with E-state index in [0.717, 1.165) is 11.1 Å². The number of hydrogen-bond donors (Lipinski definition) is 2. The van der Waals surface area contributed by atoms with Crippen LogP contribution in [0.3, 0.4) is 0 Å². The first-order valence-corrected chi connectivity index (χ1v) is 8.36. The summed E-state index contributed by atoms with van der Waals surface area (Å²) in [7, 11) is 0. The topological polar surface area (TPSA) is 58.2 Å². The molecular weight excluding hydrogens is 300 g/mol. The van der Waals surface area contributed by atoms with E-state index in [1.54, 1.807) is 12.1 Å². The molecule has 0 bridgehead atoms. The first-order valence-electron chi connectivity index (χ1n) is 8.36. The SMILES string of the molecule is C[C@@H](NC(=O)CNC(=O)c1ccc(-c2ccccc2)cc1)C1CC1. The van der Waals surface area contributed by atoms with E-state index in [-0.39, 0.29) is 24.4 Å². The van der Waals surface area contributed by atoms with E-state index in [2.05, 4.69) is 10.6 Å². The molecule has 1 fully saturated rings. The highest BCUT2D eigenvalue weighted by Crippen LogP contribution is 2.32. The second-order valence-electron chi connectivity index (χ2n) is 6.32. The van der Waals surface area contributed by atoms with E-state index >= 15 is 0 Å². The second-order valence-corrected chi connectivity index (χ2v) is 6.32. The van der Waals surface area contributed by atoms with Crippen molar-refractivity contribution in [1.82, 2.24) is 10.6 Å². The molecule has 2 N–H and O–H groups in total. The summed E-state index contributed by atoms with van der Waals surface area (Å²) in [5.74, 6) is 0.239. The first-order chi connectivity index (χ1) is 11.6. The van der Waals surface area contributed by atoms with Crippen LogP contribution < -0.4 is 10.6 Å². The van der Waals surface area contributed by atoms with Gasteiger partial charge in [-0.2, -0.15) is 0 Å². The quantitative estimate of drug-likeness (QED) is 0.859. The van der Waals surface area contributed by atoms with Gasteiger partial charge in [0.25, 0.3) is 5.91 Å². The van der Waals surface area contributed by atoms with Crippen LogP contribution in [0.4, 0.5) is 0 Å². The van der Waals surface area contributed by atoms with Crippen molar-refractivity contribution in [3.05, 3.63) is 60.2 Å². The summed E-state index contributed by atoms with van der Waals surface area (Å²) >= 11 is 0. The summed E-state index contributed by atoms with van der Waals surface area (Å²) < 4.78 is 0. The number of nitrogens with one attached hydrogen (secondary N) is 2. The van der Waals surface area contributed by atoms with Crippen LogP contribution in [0.25, 0.3) is 11.1 Å². The Bertz CT molecular complexity index is 706. The molecule has 2 amide bonds. The molecule has 1 aliphatic rings. The van der Waals surface area contributed by atoms with Crippen molar-refractivity contribution in [2.75, 3.05) is 6.54 Å². The Labute approximate surface area is 142 Å². The van der Waals surface area contributed by atoms with Gasteiger partial charge in [0.05, 0.1) is 6.54 Å². The Hall–Kier alpha value is -2.62. The van der Waals surface area contributed by atoms with Crippen LogP contribution in [0.2, 0.25) is 0 Å². The Kier molecular flexibility index (Phi) is 4.94. The van der Waals surface area contributed by atoms with Gasteiger partial charge in [0.15, 0.2) is 0 Å². The highest BCUT2D eigenvalue weighted by atomic mass is 16.2. The van der Waals surface area contributed by atoms with Crippen molar-refractivity contribution in [2.24, 2.45) is 5.92 Å². The Morgan fingerprint density at radius 2 is 1.62 bits per heavy atom. The van der Waals surface area contributed by atoms with E-state index in [0.29, 0.717) is 11.5 Å². The molecule has 0 radical (unpaired) electrons. The maximum absolute atomic E-state index is 12.1. The van der Waals surface area contributed by atoms with E-state index in [9.17, 15) is 9.59 Å². The molecule has 0 heterocycles. The first kappa shape index (κ1) is 16.2. The maximum atomic E-state index is 12.1. The monoisotopic (exact) mass is 322 g/mol. The fraction of sp³-hybridized carbons (Fsp3) is 0.300. The molecule has 2 aromatic rings. The molecule has 3 rings (SSSR count). The van der Waals surface area contributed by atoms with E-state index < -0.39 is 0 Å². The summed E-state index contributed by atoms with van der Waals surface area (Å²) in [5, 5.41) is 5.60. The normalized spacial score (nSPS) is 14.7. The van der Waals surface area contributed by atoms with Gasteiger partial charge in [-0.3, -0.25) is 9.59 Å². The minimum atomic E-state index is -0.233. The van der Waals surface area contributed by atoms with E-state index in [1.807, 2.05) is 49.4 Å². The molecule has 0 spiro atoms. The lowest BCUT2D eigenvalue weighted by molar-refractivity contribution is -0.120. The molecule has 2 aromatic carbocycles. The molecule has 124 valence electrons. The number of benzene rings is 2. The Morgan fingerprint density at radius 1 is 1.00 bits per heavy atom. The van der Waals surface area contributed by atoms with Crippen LogP contribution >= 0.6 is 0 Å². The number of carbonyl (C=O) groups is 2. The van der Waals surface area contributed by atoms with Crippen molar-refractivity contribution in [3.8, 4) is 11.1 Å². The summed E-state index contributed by atoms with van der Waals surface area (Å²) in [4.78, 5) is 24.0. The van der Waals surface area contributed by atoms with Crippen LogP contribution in [0, 0.1) is 5.92 Å². The predicted octanol–water partition coefficient (Wildman–Crippen LogP) is 3.00. The summed E-state index contributed by atoms with van der Waals surface area (Å²) in [6.45, 7) is 2.02. The molecular formula is C20H22N2O2. The van der Waals surface area contributed by atoms with Gasteiger partial charge >= 0.3 is 0 Å². The van der Waals surface area contributed by atoms with Crippen LogP contribution in [0.1, 0.15) is 30.1 Å².